The van der Waals surface area contributed by atoms with Gasteiger partial charge in [0.2, 0.25) is 0 Å². The van der Waals surface area contributed by atoms with Crippen molar-refractivity contribution in [2.24, 2.45) is 11.8 Å². The molecule has 1 N–H and O–H groups in total. The smallest absolute Gasteiger partial charge is 0.308 e. The molecule has 0 aliphatic heterocycles. The monoisotopic (exact) mass is 281 g/mol. The van der Waals surface area contributed by atoms with E-state index in [4.69, 9.17) is 4.74 Å². The molecule has 3 atom stereocenters. The summed E-state index contributed by atoms with van der Waals surface area (Å²) in [5.41, 5.74) is 0. The van der Waals surface area contributed by atoms with Crippen LogP contribution in [0.4, 0.5) is 0 Å². The van der Waals surface area contributed by atoms with Gasteiger partial charge in [-0.15, -0.1) is 0 Å². The van der Waals surface area contributed by atoms with E-state index in [-0.39, 0.29) is 11.9 Å². The van der Waals surface area contributed by atoms with Crippen molar-refractivity contribution in [3.63, 3.8) is 0 Å². The lowest BCUT2D eigenvalue weighted by atomic mass is 9.82. The van der Waals surface area contributed by atoms with Crippen molar-refractivity contribution in [3.05, 3.63) is 0 Å². The second-order valence-electron chi connectivity index (χ2n) is 6.67. The molecule has 0 aromatic carbocycles. The molecule has 0 saturated heterocycles. The van der Waals surface area contributed by atoms with Gasteiger partial charge in [0.15, 0.2) is 0 Å². The van der Waals surface area contributed by atoms with Gasteiger partial charge < -0.3 is 10.1 Å². The van der Waals surface area contributed by atoms with Crippen molar-refractivity contribution < 1.29 is 9.53 Å². The normalized spacial score (nSPS) is 29.9. The lowest BCUT2D eigenvalue weighted by Crippen LogP contribution is -2.44. The Labute approximate surface area is 123 Å². The first-order chi connectivity index (χ1) is 9.70. The Morgan fingerprint density at radius 3 is 2.60 bits per heavy atom. The number of rotatable bonds is 5. The van der Waals surface area contributed by atoms with Crippen LogP contribution in [0.5, 0.6) is 0 Å². The summed E-state index contributed by atoms with van der Waals surface area (Å²) in [7, 11) is 0. The van der Waals surface area contributed by atoms with Crippen LogP contribution in [0.3, 0.4) is 0 Å². The fourth-order valence-electron chi connectivity index (χ4n) is 3.96. The number of carbonyl (C=O) groups is 1. The lowest BCUT2D eigenvalue weighted by molar-refractivity contribution is -0.149. The maximum Gasteiger partial charge on any atom is 0.308 e. The van der Waals surface area contributed by atoms with E-state index in [0.29, 0.717) is 18.7 Å². The Morgan fingerprint density at radius 2 is 1.90 bits per heavy atom. The molecule has 2 aliphatic carbocycles. The second kappa shape index (κ2) is 8.02. The fraction of sp³-hybridized carbons (Fsp3) is 0.941. The molecule has 2 saturated carbocycles. The molecule has 0 heterocycles. The van der Waals surface area contributed by atoms with Gasteiger partial charge in [-0.3, -0.25) is 4.79 Å². The summed E-state index contributed by atoms with van der Waals surface area (Å²) in [6, 6.07) is 1.11. The van der Waals surface area contributed by atoms with Crippen LogP contribution < -0.4 is 5.32 Å². The molecule has 2 unspecified atom stereocenters. The summed E-state index contributed by atoms with van der Waals surface area (Å²) < 4.78 is 5.18. The number of esters is 1. The van der Waals surface area contributed by atoms with Crippen molar-refractivity contribution >= 4 is 5.97 Å². The van der Waals surface area contributed by atoms with Crippen LogP contribution in [0.15, 0.2) is 0 Å². The third-order valence-corrected chi connectivity index (χ3v) is 5.15. The largest absolute Gasteiger partial charge is 0.466 e. The summed E-state index contributed by atoms with van der Waals surface area (Å²) in [6.45, 7) is 4.73. The molecule has 0 aromatic rings. The lowest BCUT2D eigenvalue weighted by Gasteiger charge is -2.35. The van der Waals surface area contributed by atoms with Crippen LogP contribution in [-0.4, -0.2) is 24.7 Å². The van der Waals surface area contributed by atoms with E-state index >= 15 is 0 Å². The van der Waals surface area contributed by atoms with E-state index in [2.05, 4.69) is 12.2 Å². The van der Waals surface area contributed by atoms with E-state index < -0.39 is 0 Å². The van der Waals surface area contributed by atoms with E-state index in [9.17, 15) is 4.79 Å². The zero-order chi connectivity index (χ0) is 14.4. The Bertz CT molecular complexity index is 299. The molecular weight excluding hydrogens is 250 g/mol. The molecule has 0 bridgehead atoms. The number of nitrogens with one attached hydrogen (secondary N) is 1. The average molecular weight is 281 g/mol. The van der Waals surface area contributed by atoms with Gasteiger partial charge in [-0.25, -0.2) is 0 Å². The summed E-state index contributed by atoms with van der Waals surface area (Å²) in [4.78, 5) is 11.9. The first-order valence-corrected chi connectivity index (χ1v) is 8.63. The third-order valence-electron chi connectivity index (χ3n) is 5.15. The molecule has 20 heavy (non-hydrogen) atoms. The molecule has 0 amide bonds. The Kier molecular flexibility index (Phi) is 6.34. The highest BCUT2D eigenvalue weighted by atomic mass is 16.5. The van der Waals surface area contributed by atoms with Gasteiger partial charge in [-0.05, 0) is 51.9 Å². The first-order valence-electron chi connectivity index (χ1n) is 8.63. The van der Waals surface area contributed by atoms with Crippen molar-refractivity contribution in [1.82, 2.24) is 5.32 Å². The third kappa shape index (κ3) is 4.47. The number of carbonyl (C=O) groups excluding carboxylic acids is 1. The van der Waals surface area contributed by atoms with Crippen LogP contribution >= 0.6 is 0 Å². The van der Waals surface area contributed by atoms with Crippen molar-refractivity contribution in [2.75, 3.05) is 6.61 Å². The molecule has 2 fully saturated rings. The van der Waals surface area contributed by atoms with Gasteiger partial charge in [0.05, 0.1) is 12.5 Å². The molecule has 0 spiro atoms. The Balaban J connectivity index is 1.78. The van der Waals surface area contributed by atoms with Crippen LogP contribution in [0.2, 0.25) is 0 Å². The highest BCUT2D eigenvalue weighted by Gasteiger charge is 2.30. The summed E-state index contributed by atoms with van der Waals surface area (Å²) >= 11 is 0. The van der Waals surface area contributed by atoms with E-state index in [1.54, 1.807) is 0 Å². The van der Waals surface area contributed by atoms with Gasteiger partial charge in [-0.1, -0.05) is 25.7 Å². The standard InChI is InChI=1S/C17H31NO2/c1-3-20-17(19)15-10-7-11-16(12-15)18-13(2)14-8-5-4-6-9-14/h13-16,18H,3-12H2,1-2H3/t13-,15?,16?/m1/s1. The quantitative estimate of drug-likeness (QED) is 0.781. The number of ether oxygens (including phenoxy) is 1. The zero-order valence-corrected chi connectivity index (χ0v) is 13.2. The van der Waals surface area contributed by atoms with Crippen LogP contribution in [-0.2, 0) is 9.53 Å². The second-order valence-corrected chi connectivity index (χ2v) is 6.67. The summed E-state index contributed by atoms with van der Waals surface area (Å²) in [5.74, 6) is 0.982. The average Bonchev–Trinajstić information content (AvgIpc) is 2.48. The molecule has 3 nitrogen and oxygen atoms in total. The molecule has 0 aromatic heterocycles. The SMILES string of the molecule is CCOC(=O)C1CCCC(N[C@H](C)C2CCCCC2)C1. The number of hydrogen-bond donors (Lipinski definition) is 1. The minimum atomic E-state index is 0.0179. The minimum Gasteiger partial charge on any atom is -0.466 e. The van der Waals surface area contributed by atoms with Gasteiger partial charge in [-0.2, -0.15) is 0 Å². The zero-order valence-electron chi connectivity index (χ0n) is 13.2. The van der Waals surface area contributed by atoms with Crippen LogP contribution in [0.1, 0.15) is 71.6 Å². The molecule has 2 aliphatic rings. The van der Waals surface area contributed by atoms with Gasteiger partial charge in [0, 0.05) is 12.1 Å². The van der Waals surface area contributed by atoms with Gasteiger partial charge >= 0.3 is 5.97 Å². The fourth-order valence-corrected chi connectivity index (χ4v) is 3.96. The summed E-state index contributed by atoms with van der Waals surface area (Å²) in [6.07, 6.45) is 11.3. The topological polar surface area (TPSA) is 38.3 Å². The van der Waals surface area contributed by atoms with Crippen LogP contribution in [0.25, 0.3) is 0 Å². The van der Waals surface area contributed by atoms with Crippen molar-refractivity contribution in [3.8, 4) is 0 Å². The Morgan fingerprint density at radius 1 is 1.15 bits per heavy atom. The predicted molar refractivity (Wildman–Crippen MR) is 81.6 cm³/mol. The van der Waals surface area contributed by atoms with E-state index in [1.165, 1.54) is 38.5 Å². The van der Waals surface area contributed by atoms with E-state index in [0.717, 1.165) is 25.2 Å². The maximum atomic E-state index is 11.9. The highest BCUT2D eigenvalue weighted by molar-refractivity contribution is 5.72. The maximum absolute atomic E-state index is 11.9. The molecule has 3 heteroatoms. The van der Waals surface area contributed by atoms with Gasteiger partial charge in [0.1, 0.15) is 0 Å². The highest BCUT2D eigenvalue weighted by Crippen LogP contribution is 2.29. The first kappa shape index (κ1) is 15.8. The van der Waals surface area contributed by atoms with Crippen molar-refractivity contribution in [2.45, 2.75) is 83.7 Å². The Hall–Kier alpha value is -0.570. The molecular formula is C17H31NO2. The van der Waals surface area contributed by atoms with Crippen LogP contribution in [0, 0.1) is 11.8 Å². The summed E-state index contributed by atoms with van der Waals surface area (Å²) in [5, 5.41) is 3.81. The number of hydrogen-bond acceptors (Lipinski definition) is 3. The predicted octanol–water partition coefficient (Wildman–Crippen LogP) is 3.67. The minimum absolute atomic E-state index is 0.0179. The van der Waals surface area contributed by atoms with Gasteiger partial charge in [0.25, 0.3) is 0 Å². The molecule has 116 valence electrons. The molecule has 2 rings (SSSR count). The molecule has 0 radical (unpaired) electrons. The van der Waals surface area contributed by atoms with E-state index in [1.807, 2.05) is 6.92 Å². The van der Waals surface area contributed by atoms with Crippen molar-refractivity contribution in [1.29, 1.82) is 0 Å².